The van der Waals surface area contributed by atoms with Crippen LogP contribution < -0.4 is 10.1 Å². The minimum Gasteiger partial charge on any atom is -0.427 e. The monoisotopic (exact) mass is 569 g/mol. The van der Waals surface area contributed by atoms with Crippen molar-refractivity contribution in [1.82, 2.24) is 5.32 Å². The van der Waals surface area contributed by atoms with Crippen LogP contribution in [0.25, 0.3) is 0 Å². The van der Waals surface area contributed by atoms with Gasteiger partial charge in [0.25, 0.3) is 5.91 Å². The molecule has 2 aromatic rings. The molecule has 4 rings (SSSR count). The highest BCUT2D eigenvalue weighted by Gasteiger charge is 2.62. The molecule has 0 aromatic heterocycles. The smallest absolute Gasteiger partial charge is 0.416 e. The number of hydrogen-bond donors (Lipinski definition) is 1. The Morgan fingerprint density at radius 2 is 1.93 bits per heavy atom. The van der Waals surface area contributed by atoms with Gasteiger partial charge in [0.2, 0.25) is 0 Å². The Balaban J connectivity index is 1.61. The number of esters is 1. The summed E-state index contributed by atoms with van der Waals surface area (Å²) in [6, 6.07) is 11.7. The quantitative estimate of drug-likeness (QED) is 0.175. The van der Waals surface area contributed by atoms with Gasteiger partial charge in [-0.1, -0.05) is 24.6 Å². The van der Waals surface area contributed by atoms with E-state index >= 15 is 0 Å². The lowest BCUT2D eigenvalue weighted by molar-refractivity contribution is -0.918. The fourth-order valence-electron chi connectivity index (χ4n) is 6.67. The molecule has 1 aliphatic heterocycles. The maximum atomic E-state index is 12.9. The summed E-state index contributed by atoms with van der Waals surface area (Å²) in [5.41, 5.74) is -0.480. The first-order valence-electron chi connectivity index (χ1n) is 13.6. The van der Waals surface area contributed by atoms with Gasteiger partial charge >= 0.3 is 12.1 Å². The molecule has 218 valence electrons. The highest BCUT2D eigenvalue weighted by Crippen LogP contribution is 2.54. The summed E-state index contributed by atoms with van der Waals surface area (Å²) >= 11 is 0. The van der Waals surface area contributed by atoms with Gasteiger partial charge in [-0.05, 0) is 67.3 Å². The number of halogens is 3. The summed E-state index contributed by atoms with van der Waals surface area (Å²) in [5, 5.41) is 3.03. The second kappa shape index (κ2) is 11.7. The normalized spacial score (nSPS) is 27.5. The number of benzene rings is 2. The van der Waals surface area contributed by atoms with Crippen LogP contribution in [0.2, 0.25) is 0 Å². The van der Waals surface area contributed by atoms with Gasteiger partial charge in [-0.25, -0.2) is 0 Å². The van der Waals surface area contributed by atoms with E-state index in [2.05, 4.69) is 30.8 Å². The van der Waals surface area contributed by atoms with E-state index in [1.165, 1.54) is 19.1 Å². The molecule has 1 saturated carbocycles. The number of nitrogens with one attached hydrogen (secondary N) is 1. The fraction of sp³-hybridized carbons (Fsp3) is 0.438. The summed E-state index contributed by atoms with van der Waals surface area (Å²) in [5.74, 6) is 4.75. The number of ether oxygens (including phenoxy) is 2. The molecule has 1 saturated heterocycles. The number of rotatable bonds is 6. The van der Waals surface area contributed by atoms with E-state index in [1.54, 1.807) is 13.2 Å². The number of fused-ring (bicyclic) bond motifs is 1. The number of alkyl halides is 3. The number of carbonyl (C=O) groups is 2. The fourth-order valence-corrected chi connectivity index (χ4v) is 6.67. The Morgan fingerprint density at radius 3 is 2.56 bits per heavy atom. The molecule has 1 amide bonds. The highest BCUT2D eigenvalue weighted by atomic mass is 19.4. The van der Waals surface area contributed by atoms with Crippen molar-refractivity contribution in [1.29, 1.82) is 0 Å². The van der Waals surface area contributed by atoms with Gasteiger partial charge in [-0.15, -0.1) is 0 Å². The molecule has 1 unspecified atom stereocenters. The largest absolute Gasteiger partial charge is 0.427 e. The van der Waals surface area contributed by atoms with Crippen molar-refractivity contribution in [2.75, 3.05) is 33.8 Å². The van der Waals surface area contributed by atoms with Crippen LogP contribution in [-0.4, -0.2) is 61.8 Å². The van der Waals surface area contributed by atoms with E-state index in [0.717, 1.165) is 48.2 Å². The van der Waals surface area contributed by atoms with Crippen LogP contribution in [0.5, 0.6) is 5.75 Å². The summed E-state index contributed by atoms with van der Waals surface area (Å²) in [6.45, 7) is 7.73. The summed E-state index contributed by atoms with van der Waals surface area (Å²) in [4.78, 5) is 24.5. The zero-order valence-corrected chi connectivity index (χ0v) is 23.6. The lowest BCUT2D eigenvalue weighted by Gasteiger charge is -2.61. The van der Waals surface area contributed by atoms with Gasteiger partial charge in [0, 0.05) is 43.4 Å². The molecule has 1 N–H and O–H groups in total. The van der Waals surface area contributed by atoms with E-state index in [1.807, 2.05) is 24.3 Å². The average molecular weight is 570 g/mol. The summed E-state index contributed by atoms with van der Waals surface area (Å²) in [6.07, 6.45) is 0.213. The van der Waals surface area contributed by atoms with E-state index in [4.69, 9.17) is 9.47 Å². The van der Waals surface area contributed by atoms with Crippen LogP contribution in [0.3, 0.4) is 0 Å². The third-order valence-corrected chi connectivity index (χ3v) is 8.56. The molecule has 6 nitrogen and oxygen atoms in total. The molecule has 4 atom stereocenters. The van der Waals surface area contributed by atoms with Crippen LogP contribution in [0.15, 0.2) is 61.2 Å². The third kappa shape index (κ3) is 6.50. The maximum absolute atomic E-state index is 12.9. The van der Waals surface area contributed by atoms with Gasteiger partial charge in [0.15, 0.2) is 0 Å². The van der Waals surface area contributed by atoms with Crippen LogP contribution in [-0.2, 0) is 25.9 Å². The second-order valence-electron chi connectivity index (χ2n) is 11.4. The molecule has 1 aliphatic carbocycles. The Labute approximate surface area is 239 Å². The summed E-state index contributed by atoms with van der Waals surface area (Å²) < 4.78 is 51.1. The van der Waals surface area contributed by atoms with Gasteiger partial charge in [0.1, 0.15) is 17.9 Å². The van der Waals surface area contributed by atoms with Crippen molar-refractivity contribution in [3.8, 4) is 17.6 Å². The lowest BCUT2D eigenvalue weighted by Crippen LogP contribution is -2.72. The lowest BCUT2D eigenvalue weighted by atomic mass is 9.54. The predicted octanol–water partition coefficient (Wildman–Crippen LogP) is 5.01. The molecule has 1 heterocycles. The molecule has 41 heavy (non-hydrogen) atoms. The first-order valence-corrected chi connectivity index (χ1v) is 13.6. The zero-order valence-electron chi connectivity index (χ0n) is 23.6. The van der Waals surface area contributed by atoms with E-state index in [9.17, 15) is 22.8 Å². The molecule has 0 spiro atoms. The van der Waals surface area contributed by atoms with E-state index < -0.39 is 34.6 Å². The minimum atomic E-state index is -4.43. The standard InChI is InChI=1S/C32H35F3N2O4/c1-5-18-37(3)19-17-30(26-7-6-8-28(20-26)41-23(2)38)21-27(15-16-31(30,22-37)40-4)36-29(39)14-11-24-9-12-25(13-10-24)32(33,34)35/h5-10,12-13,20,27H,1,15-19,21-22H2,2-4H3/p+1/t27-,30-,31?,37-/m0/s1. The Morgan fingerprint density at radius 1 is 1.20 bits per heavy atom. The maximum Gasteiger partial charge on any atom is 0.416 e. The number of nitrogens with zero attached hydrogens (tertiary/aromatic N) is 1. The van der Waals surface area contributed by atoms with E-state index in [-0.39, 0.29) is 6.04 Å². The van der Waals surface area contributed by atoms with Crippen molar-refractivity contribution in [2.45, 2.75) is 55.8 Å². The van der Waals surface area contributed by atoms with Crippen LogP contribution >= 0.6 is 0 Å². The van der Waals surface area contributed by atoms with Gasteiger partial charge in [-0.3, -0.25) is 9.59 Å². The number of quaternary nitrogens is 1. The first-order chi connectivity index (χ1) is 19.3. The number of carbonyl (C=O) groups excluding carboxylic acids is 2. The molecule has 0 bridgehead atoms. The molecule has 2 aliphatic rings. The molecule has 2 aromatic carbocycles. The van der Waals surface area contributed by atoms with Crippen LogP contribution in [0, 0.1) is 11.8 Å². The molecule has 9 heteroatoms. The highest BCUT2D eigenvalue weighted by molar-refractivity contribution is 5.94. The molecular weight excluding hydrogens is 533 g/mol. The van der Waals surface area contributed by atoms with Crippen molar-refractivity contribution >= 4 is 11.9 Å². The van der Waals surface area contributed by atoms with Crippen molar-refractivity contribution in [2.24, 2.45) is 0 Å². The number of methoxy groups -OCH3 is 1. The Hall–Kier alpha value is -3.61. The number of amides is 1. The average Bonchev–Trinajstić information content (AvgIpc) is 2.91. The number of hydrogen-bond acceptors (Lipinski definition) is 4. The third-order valence-electron chi connectivity index (χ3n) is 8.56. The first kappa shape index (κ1) is 30.4. The van der Waals surface area contributed by atoms with Crippen molar-refractivity contribution < 1.29 is 36.7 Å². The number of likely N-dealkylation sites (N-methyl/N-ethyl adjacent to an activating group) is 1. The Kier molecular flexibility index (Phi) is 8.67. The van der Waals surface area contributed by atoms with Gasteiger partial charge in [0.05, 0.1) is 25.7 Å². The van der Waals surface area contributed by atoms with E-state index in [0.29, 0.717) is 30.6 Å². The molecule has 2 fully saturated rings. The predicted molar refractivity (Wildman–Crippen MR) is 149 cm³/mol. The number of likely N-dealkylation sites (tertiary alicyclic amines) is 1. The molecular formula is C32H36F3N2O4+. The topological polar surface area (TPSA) is 64.6 Å². The van der Waals surface area contributed by atoms with Gasteiger partial charge < -0.3 is 19.3 Å². The van der Waals surface area contributed by atoms with Crippen LogP contribution in [0.4, 0.5) is 13.2 Å². The Bertz CT molecular complexity index is 1360. The summed E-state index contributed by atoms with van der Waals surface area (Å²) in [7, 11) is 3.94. The van der Waals surface area contributed by atoms with Gasteiger partial charge in [-0.2, -0.15) is 13.2 Å². The van der Waals surface area contributed by atoms with Crippen molar-refractivity contribution in [3.63, 3.8) is 0 Å². The van der Waals surface area contributed by atoms with Crippen LogP contribution in [0.1, 0.15) is 49.3 Å². The van der Waals surface area contributed by atoms with Crippen molar-refractivity contribution in [3.05, 3.63) is 77.9 Å². The minimum absolute atomic E-state index is 0.207. The second-order valence-corrected chi connectivity index (χ2v) is 11.4. The molecule has 0 radical (unpaired) electrons. The number of piperidine rings is 1. The zero-order chi connectivity index (χ0) is 29.9. The SMILES string of the molecule is C=CC[N@@+]1(C)CC[C@@]2(c3cccc(OC(C)=O)c3)C[C@@H](NC(=O)C#Cc3ccc(C(F)(F)F)cc3)CCC2(OC)C1.